The third kappa shape index (κ3) is 15.0. The van der Waals surface area contributed by atoms with Crippen molar-refractivity contribution in [3.05, 3.63) is 165 Å². The monoisotopic (exact) mass is 1120 g/mol. The van der Waals surface area contributed by atoms with Crippen molar-refractivity contribution in [2.24, 2.45) is 5.14 Å². The SMILES string of the molecule is CCOC(=O)CN1C(=O)S/C(=C\c2ccc(C)o2)C1=O.CCOC(=O)CN1C(=O)S/C(=C\c2ccc(Sc3ccccc3)o2)C1=O.NS(=O)(=O)c1ccc(-c2ccc(/C=C3\SC(=O)N(Cc4ccccc4)C3=O)o2)cc1. The van der Waals surface area contributed by atoms with Gasteiger partial charge in [0.25, 0.3) is 33.4 Å². The van der Waals surface area contributed by atoms with E-state index < -0.39 is 44.3 Å². The Kier molecular flexibility index (Phi) is 19.0. The average molecular weight is 1130 g/mol. The molecule has 6 amide bonds. The number of carbonyl (C=O) groups is 8. The average Bonchev–Trinajstić information content (AvgIpc) is 4.27. The third-order valence-electron chi connectivity index (χ3n) is 10.2. The Labute approximate surface area is 451 Å². The fourth-order valence-corrected chi connectivity index (χ4v) is 10.5. The number of imide groups is 3. The first-order chi connectivity index (χ1) is 36.4. The number of aryl methyl sites for hydroxylation is 1. The molecule has 19 nitrogen and oxygen atoms in total. The Morgan fingerprint density at radius 2 is 1.04 bits per heavy atom. The molecule has 0 atom stereocenters. The Balaban J connectivity index is 0.000000169. The smallest absolute Gasteiger partial charge is 0.326 e. The number of hydrogen-bond donors (Lipinski definition) is 1. The molecule has 0 spiro atoms. The number of nitrogens with zero attached hydrogens (tertiary/aromatic N) is 3. The molecule has 3 aromatic heterocycles. The molecule has 9 rings (SSSR count). The minimum atomic E-state index is -3.77. The second kappa shape index (κ2) is 25.8. The van der Waals surface area contributed by atoms with Crippen LogP contribution in [0.3, 0.4) is 0 Å². The van der Waals surface area contributed by atoms with Gasteiger partial charge in [-0.2, -0.15) is 0 Å². The van der Waals surface area contributed by atoms with Crippen LogP contribution in [0.5, 0.6) is 0 Å². The number of primary sulfonamides is 1. The van der Waals surface area contributed by atoms with Gasteiger partial charge < -0.3 is 22.7 Å². The van der Waals surface area contributed by atoms with Gasteiger partial charge in [0.1, 0.15) is 41.9 Å². The van der Waals surface area contributed by atoms with Gasteiger partial charge in [0.05, 0.1) is 39.4 Å². The molecular formula is C52H44N4O15S5. The Hall–Kier alpha value is -7.61. The van der Waals surface area contributed by atoms with E-state index in [0.717, 1.165) is 55.5 Å². The second-order valence-electron chi connectivity index (χ2n) is 15.7. The van der Waals surface area contributed by atoms with E-state index in [2.05, 4.69) is 0 Å². The van der Waals surface area contributed by atoms with Crippen LogP contribution in [0, 0.1) is 6.92 Å². The number of rotatable bonds is 15. The van der Waals surface area contributed by atoms with E-state index in [0.29, 0.717) is 39.5 Å². The van der Waals surface area contributed by atoms with Crippen molar-refractivity contribution in [3.63, 3.8) is 0 Å². The number of carbonyl (C=O) groups excluding carboxylic acids is 8. The van der Waals surface area contributed by atoms with Crippen LogP contribution in [-0.2, 0) is 50.0 Å². The molecule has 6 heterocycles. The van der Waals surface area contributed by atoms with E-state index in [1.54, 1.807) is 69.3 Å². The molecular weight excluding hydrogens is 1080 g/mol. The standard InChI is InChI=1S/C21H16N2O5S2.C18H15NO5S2.C13H13NO5S/c22-30(26,27)17-9-6-15(7-10-17)18-11-8-16(28-18)12-19-20(24)23(21(25)29-19)13-14-4-2-1-3-5-14;1-2-23-15(20)11-19-17(21)14(26-18(19)22)10-12-8-9-16(24-12)25-13-6-4-3-5-7-13;1-3-18-11(15)7-14-12(16)10(20-13(14)17)6-9-5-4-8(2)19-9/h1-12H,13H2,(H2,22,26,27);3-10H,2,11H2,1H3;4-6H,3,7H2,1-2H3/b19-12-;14-10-;10-6-. The Morgan fingerprint density at radius 3 is 1.54 bits per heavy atom. The largest absolute Gasteiger partial charge is 0.465 e. The van der Waals surface area contributed by atoms with Crippen molar-refractivity contribution >= 4 is 121 Å². The van der Waals surface area contributed by atoms with Gasteiger partial charge in [-0.3, -0.25) is 53.1 Å². The van der Waals surface area contributed by atoms with Crippen LogP contribution < -0.4 is 5.14 Å². The van der Waals surface area contributed by atoms with Crippen molar-refractivity contribution in [1.82, 2.24) is 14.7 Å². The highest BCUT2D eigenvalue weighted by atomic mass is 32.2. The van der Waals surface area contributed by atoms with Crippen LogP contribution in [0.1, 0.15) is 42.5 Å². The van der Waals surface area contributed by atoms with Crippen LogP contribution in [-0.4, -0.2) is 94.8 Å². The maximum Gasteiger partial charge on any atom is 0.326 e. The highest BCUT2D eigenvalue weighted by Crippen LogP contribution is 2.37. The molecule has 3 fully saturated rings. The predicted molar refractivity (Wildman–Crippen MR) is 285 cm³/mol. The van der Waals surface area contributed by atoms with Gasteiger partial charge in [-0.1, -0.05) is 60.3 Å². The molecule has 6 aromatic rings. The highest BCUT2D eigenvalue weighted by Gasteiger charge is 2.38. The molecule has 0 radical (unpaired) electrons. The van der Waals surface area contributed by atoms with Crippen molar-refractivity contribution < 1.29 is 69.5 Å². The molecule has 76 heavy (non-hydrogen) atoms. The number of hydrogen-bond acceptors (Lipinski definition) is 19. The number of esters is 2. The van der Waals surface area contributed by atoms with Crippen molar-refractivity contribution in [2.75, 3.05) is 26.3 Å². The maximum absolute atomic E-state index is 12.6. The normalized spacial score (nSPS) is 16.2. The summed E-state index contributed by atoms with van der Waals surface area (Å²) in [7, 11) is -3.77. The summed E-state index contributed by atoms with van der Waals surface area (Å²) in [5, 5.41) is 4.45. The van der Waals surface area contributed by atoms with Gasteiger partial charge in [0, 0.05) is 28.7 Å². The van der Waals surface area contributed by atoms with E-state index in [-0.39, 0.29) is 63.6 Å². The summed E-state index contributed by atoms with van der Waals surface area (Å²) in [5.41, 5.74) is 1.52. The highest BCUT2D eigenvalue weighted by molar-refractivity contribution is 8.19. The lowest BCUT2D eigenvalue weighted by atomic mass is 10.2. The summed E-state index contributed by atoms with van der Waals surface area (Å²) in [6.07, 6.45) is 4.52. The Morgan fingerprint density at radius 1 is 0.579 bits per heavy atom. The van der Waals surface area contributed by atoms with E-state index in [4.69, 9.17) is 27.9 Å². The molecule has 0 bridgehead atoms. The van der Waals surface area contributed by atoms with Crippen molar-refractivity contribution in [3.8, 4) is 11.3 Å². The first-order valence-electron chi connectivity index (χ1n) is 22.6. The fraction of sp³-hybridized carbons (Fsp3) is 0.154. The van der Waals surface area contributed by atoms with E-state index in [1.807, 2.05) is 60.7 Å². The molecule has 0 saturated carbocycles. The first-order valence-corrected chi connectivity index (χ1v) is 27.4. The first kappa shape index (κ1) is 56.1. The molecule has 0 unspecified atom stereocenters. The van der Waals surface area contributed by atoms with Gasteiger partial charge in [-0.15, -0.1) is 0 Å². The number of nitrogens with two attached hydrogens (primary N) is 1. The van der Waals surface area contributed by atoms with E-state index in [9.17, 15) is 46.8 Å². The van der Waals surface area contributed by atoms with E-state index in [1.165, 1.54) is 47.0 Å². The van der Waals surface area contributed by atoms with Gasteiger partial charge in [0.15, 0.2) is 5.09 Å². The zero-order chi connectivity index (χ0) is 54.5. The van der Waals surface area contributed by atoms with Crippen molar-refractivity contribution in [1.29, 1.82) is 0 Å². The number of thioether (sulfide) groups is 3. The van der Waals surface area contributed by atoms with Crippen LogP contribution in [0.4, 0.5) is 14.4 Å². The van der Waals surface area contributed by atoms with Crippen LogP contribution in [0.2, 0.25) is 0 Å². The minimum absolute atomic E-state index is 0.00474. The van der Waals surface area contributed by atoms with Gasteiger partial charge >= 0.3 is 11.9 Å². The predicted octanol–water partition coefficient (Wildman–Crippen LogP) is 10.0. The molecule has 392 valence electrons. The van der Waals surface area contributed by atoms with Gasteiger partial charge in [0.2, 0.25) is 10.0 Å². The zero-order valence-electron chi connectivity index (χ0n) is 40.4. The number of amides is 6. The summed E-state index contributed by atoms with van der Waals surface area (Å²) in [6, 6.07) is 35.3. The number of ether oxygens (including phenoxy) is 2. The molecule has 24 heteroatoms. The van der Waals surface area contributed by atoms with Crippen LogP contribution in [0.15, 0.2) is 164 Å². The summed E-state index contributed by atoms with van der Waals surface area (Å²) in [5.74, 6) is -0.0683. The molecule has 3 aromatic carbocycles. The van der Waals surface area contributed by atoms with Crippen molar-refractivity contribution in [2.45, 2.75) is 42.2 Å². The maximum atomic E-state index is 12.6. The molecule has 3 saturated heterocycles. The minimum Gasteiger partial charge on any atom is -0.465 e. The molecule has 0 aliphatic carbocycles. The quantitative estimate of drug-likeness (QED) is 0.0740. The molecule has 3 aliphatic heterocycles. The summed E-state index contributed by atoms with van der Waals surface area (Å²) in [6.45, 7) is 4.96. The Bertz CT molecular complexity index is 3380. The lowest BCUT2D eigenvalue weighted by Gasteiger charge is -2.11. The fourth-order valence-electron chi connectivity index (χ4n) is 6.73. The van der Waals surface area contributed by atoms with Crippen LogP contribution >= 0.6 is 47.0 Å². The summed E-state index contributed by atoms with van der Waals surface area (Å²) in [4.78, 5) is 100. The van der Waals surface area contributed by atoms with E-state index >= 15 is 0 Å². The summed E-state index contributed by atoms with van der Waals surface area (Å²) >= 11 is 3.87. The van der Waals surface area contributed by atoms with Gasteiger partial charge in [-0.25, -0.2) is 13.6 Å². The molecule has 3 aliphatic rings. The second-order valence-corrected chi connectivity index (χ2v) is 21.3. The molecule has 2 N–H and O–H groups in total. The topological polar surface area (TPSA) is 264 Å². The van der Waals surface area contributed by atoms with Crippen LogP contribution in [0.25, 0.3) is 29.6 Å². The number of sulfonamides is 1. The number of benzene rings is 3. The zero-order valence-corrected chi connectivity index (χ0v) is 44.5. The third-order valence-corrected chi connectivity index (χ3v) is 14.8. The lowest BCUT2D eigenvalue weighted by Crippen LogP contribution is -2.34. The summed E-state index contributed by atoms with van der Waals surface area (Å²) < 4.78 is 49.0. The van der Waals surface area contributed by atoms with Gasteiger partial charge in [-0.05, 0) is 134 Å². The lowest BCUT2D eigenvalue weighted by molar-refractivity contribution is -0.146. The number of furan rings is 3.